The Balaban J connectivity index is 2.17. The Hall–Kier alpha value is -2.01. The lowest BCUT2D eigenvalue weighted by Crippen LogP contribution is -2.14. The highest BCUT2D eigenvalue weighted by atomic mass is 19.1. The van der Waals surface area contributed by atoms with E-state index in [1.54, 1.807) is 12.1 Å². The number of hydrogen-bond donors (Lipinski definition) is 2. The lowest BCUT2D eigenvalue weighted by atomic mass is 10.1. The van der Waals surface area contributed by atoms with Crippen molar-refractivity contribution in [2.24, 2.45) is 5.73 Å². The van der Waals surface area contributed by atoms with Crippen molar-refractivity contribution < 1.29 is 4.39 Å². The number of benzene rings is 1. The third-order valence-electron chi connectivity index (χ3n) is 2.77. The van der Waals surface area contributed by atoms with E-state index in [0.29, 0.717) is 25.2 Å². The summed E-state index contributed by atoms with van der Waals surface area (Å²) >= 11 is 0. The number of H-pyrrole nitrogens is 1. The van der Waals surface area contributed by atoms with Gasteiger partial charge in [-0.25, -0.2) is 9.37 Å². The molecule has 1 aromatic heterocycles. The van der Waals surface area contributed by atoms with Crippen molar-refractivity contribution >= 4 is 0 Å². The Bertz CT molecular complexity index is 592. The van der Waals surface area contributed by atoms with E-state index in [-0.39, 0.29) is 11.4 Å². The molecule has 0 aliphatic heterocycles. The monoisotopic (exact) mass is 261 g/mol. The SMILES string of the molecule is NCCCc1cc(=O)[nH]c(Cc2ccc(F)cc2)n1. The van der Waals surface area contributed by atoms with E-state index in [1.165, 1.54) is 18.2 Å². The number of rotatable bonds is 5. The number of hydrogen-bond acceptors (Lipinski definition) is 3. The molecule has 1 heterocycles. The maximum absolute atomic E-state index is 12.8. The zero-order valence-corrected chi connectivity index (χ0v) is 10.5. The van der Waals surface area contributed by atoms with Crippen LogP contribution in [-0.2, 0) is 12.8 Å². The molecular weight excluding hydrogens is 245 g/mol. The van der Waals surface area contributed by atoms with Crippen LogP contribution in [0.4, 0.5) is 4.39 Å². The van der Waals surface area contributed by atoms with E-state index in [2.05, 4.69) is 9.97 Å². The van der Waals surface area contributed by atoms with E-state index >= 15 is 0 Å². The van der Waals surface area contributed by atoms with Crippen LogP contribution in [0.5, 0.6) is 0 Å². The van der Waals surface area contributed by atoms with E-state index in [4.69, 9.17) is 5.73 Å². The van der Waals surface area contributed by atoms with Crippen LogP contribution in [-0.4, -0.2) is 16.5 Å². The second kappa shape index (κ2) is 6.24. The first-order valence-electron chi connectivity index (χ1n) is 6.21. The fourth-order valence-corrected chi connectivity index (χ4v) is 1.85. The standard InChI is InChI=1S/C14H16FN3O/c15-11-5-3-10(4-6-11)8-13-17-12(2-1-7-16)9-14(19)18-13/h3-6,9H,1-2,7-8,16H2,(H,17,18,19). The highest BCUT2D eigenvalue weighted by Gasteiger charge is 2.03. The number of aromatic amines is 1. The lowest BCUT2D eigenvalue weighted by molar-refractivity contribution is 0.627. The minimum Gasteiger partial charge on any atom is -0.330 e. The number of halogens is 1. The van der Waals surface area contributed by atoms with Gasteiger partial charge in [-0.05, 0) is 37.1 Å². The van der Waals surface area contributed by atoms with E-state index in [1.807, 2.05) is 0 Å². The molecule has 0 amide bonds. The minimum absolute atomic E-state index is 0.167. The van der Waals surface area contributed by atoms with Crippen LogP contribution in [0.15, 0.2) is 35.1 Å². The highest BCUT2D eigenvalue weighted by Crippen LogP contribution is 2.07. The first kappa shape index (κ1) is 13.4. The predicted octanol–water partition coefficient (Wildman–Crippen LogP) is 1.39. The van der Waals surface area contributed by atoms with Gasteiger partial charge in [-0.1, -0.05) is 12.1 Å². The average Bonchev–Trinajstić information content (AvgIpc) is 2.38. The summed E-state index contributed by atoms with van der Waals surface area (Å²) in [7, 11) is 0. The summed E-state index contributed by atoms with van der Waals surface area (Å²) in [5.74, 6) is 0.313. The smallest absolute Gasteiger partial charge is 0.251 e. The summed E-state index contributed by atoms with van der Waals surface area (Å²) in [4.78, 5) is 18.6. The summed E-state index contributed by atoms with van der Waals surface area (Å²) in [6.07, 6.45) is 1.97. The van der Waals surface area contributed by atoms with Crippen molar-refractivity contribution in [3.63, 3.8) is 0 Å². The Labute approximate surface area is 110 Å². The highest BCUT2D eigenvalue weighted by molar-refractivity contribution is 5.20. The first-order valence-corrected chi connectivity index (χ1v) is 6.21. The van der Waals surface area contributed by atoms with Crippen LogP contribution in [0, 0.1) is 5.82 Å². The molecule has 0 saturated heterocycles. The van der Waals surface area contributed by atoms with Crippen LogP contribution in [0.1, 0.15) is 23.5 Å². The summed E-state index contributed by atoms with van der Waals surface area (Å²) < 4.78 is 12.8. The van der Waals surface area contributed by atoms with Crippen molar-refractivity contribution in [2.75, 3.05) is 6.54 Å². The second-order valence-electron chi connectivity index (χ2n) is 4.38. The van der Waals surface area contributed by atoms with Gasteiger partial charge in [0, 0.05) is 18.2 Å². The molecule has 2 aromatic rings. The molecule has 0 bridgehead atoms. The fraction of sp³-hybridized carbons (Fsp3) is 0.286. The number of nitrogens with zero attached hydrogens (tertiary/aromatic N) is 1. The van der Waals surface area contributed by atoms with Gasteiger partial charge in [0.25, 0.3) is 5.56 Å². The van der Waals surface area contributed by atoms with Crippen molar-refractivity contribution in [3.8, 4) is 0 Å². The Kier molecular flexibility index (Phi) is 4.41. The Morgan fingerprint density at radius 2 is 2.00 bits per heavy atom. The van der Waals surface area contributed by atoms with Crippen molar-refractivity contribution in [1.29, 1.82) is 0 Å². The summed E-state index contributed by atoms with van der Waals surface area (Å²) in [5, 5.41) is 0. The third kappa shape index (κ3) is 3.99. The third-order valence-corrected chi connectivity index (χ3v) is 2.77. The molecule has 0 saturated carbocycles. The minimum atomic E-state index is -0.276. The summed E-state index contributed by atoms with van der Waals surface area (Å²) in [6, 6.07) is 7.64. The molecule has 4 nitrogen and oxygen atoms in total. The second-order valence-corrected chi connectivity index (χ2v) is 4.38. The number of aryl methyl sites for hydroxylation is 1. The normalized spacial score (nSPS) is 10.6. The molecule has 5 heteroatoms. The van der Waals surface area contributed by atoms with E-state index in [0.717, 1.165) is 17.7 Å². The number of aromatic nitrogens is 2. The number of nitrogens with one attached hydrogen (secondary N) is 1. The fourth-order valence-electron chi connectivity index (χ4n) is 1.85. The predicted molar refractivity (Wildman–Crippen MR) is 71.4 cm³/mol. The molecule has 0 aliphatic rings. The zero-order chi connectivity index (χ0) is 13.7. The molecule has 100 valence electrons. The molecule has 0 radical (unpaired) electrons. The molecule has 1 aromatic carbocycles. The van der Waals surface area contributed by atoms with Gasteiger partial charge in [-0.3, -0.25) is 4.79 Å². The van der Waals surface area contributed by atoms with Gasteiger partial charge in [0.05, 0.1) is 0 Å². The van der Waals surface area contributed by atoms with Crippen LogP contribution in [0.25, 0.3) is 0 Å². The van der Waals surface area contributed by atoms with Crippen molar-refractivity contribution in [3.05, 3.63) is 63.6 Å². The van der Waals surface area contributed by atoms with Crippen molar-refractivity contribution in [2.45, 2.75) is 19.3 Å². The van der Waals surface area contributed by atoms with Gasteiger partial charge >= 0.3 is 0 Å². The maximum atomic E-state index is 12.8. The molecule has 0 spiro atoms. The Morgan fingerprint density at radius 3 is 2.68 bits per heavy atom. The molecule has 0 aliphatic carbocycles. The van der Waals surface area contributed by atoms with Gasteiger partial charge in [0.2, 0.25) is 0 Å². The van der Waals surface area contributed by atoms with Gasteiger partial charge in [0.15, 0.2) is 0 Å². The maximum Gasteiger partial charge on any atom is 0.251 e. The van der Waals surface area contributed by atoms with Crippen molar-refractivity contribution in [1.82, 2.24) is 9.97 Å². The van der Waals surface area contributed by atoms with Gasteiger partial charge in [-0.15, -0.1) is 0 Å². The van der Waals surface area contributed by atoms with Gasteiger partial charge < -0.3 is 10.7 Å². The lowest BCUT2D eigenvalue weighted by Gasteiger charge is -2.04. The number of nitrogens with two attached hydrogens (primary N) is 1. The molecule has 19 heavy (non-hydrogen) atoms. The van der Waals surface area contributed by atoms with E-state index in [9.17, 15) is 9.18 Å². The van der Waals surface area contributed by atoms with Crippen LogP contribution >= 0.6 is 0 Å². The summed E-state index contributed by atoms with van der Waals surface area (Å²) in [5.41, 5.74) is 6.92. The summed E-state index contributed by atoms with van der Waals surface area (Å²) in [6.45, 7) is 0.571. The van der Waals surface area contributed by atoms with Crippen LogP contribution in [0.3, 0.4) is 0 Å². The Morgan fingerprint density at radius 1 is 1.26 bits per heavy atom. The largest absolute Gasteiger partial charge is 0.330 e. The molecule has 2 rings (SSSR count). The average molecular weight is 261 g/mol. The zero-order valence-electron chi connectivity index (χ0n) is 10.5. The molecule has 0 fully saturated rings. The quantitative estimate of drug-likeness (QED) is 0.854. The van der Waals surface area contributed by atoms with Gasteiger partial charge in [0.1, 0.15) is 11.6 Å². The molecule has 0 atom stereocenters. The van der Waals surface area contributed by atoms with Crippen LogP contribution < -0.4 is 11.3 Å². The molecule has 0 unspecified atom stereocenters. The van der Waals surface area contributed by atoms with Crippen LogP contribution in [0.2, 0.25) is 0 Å². The van der Waals surface area contributed by atoms with E-state index < -0.39 is 0 Å². The van der Waals surface area contributed by atoms with Gasteiger partial charge in [-0.2, -0.15) is 0 Å². The topological polar surface area (TPSA) is 71.8 Å². The molecule has 3 N–H and O–H groups in total. The molecular formula is C14H16FN3O. The first-order chi connectivity index (χ1) is 9.17.